The number of rotatable bonds is 6. The van der Waals surface area contributed by atoms with Gasteiger partial charge in [-0.3, -0.25) is 4.79 Å². The maximum absolute atomic E-state index is 11.8. The van der Waals surface area contributed by atoms with Crippen molar-refractivity contribution in [3.63, 3.8) is 0 Å². The topological polar surface area (TPSA) is 64.6 Å². The summed E-state index contributed by atoms with van der Waals surface area (Å²) in [5.41, 5.74) is 0.131. The molecule has 1 aliphatic rings. The first-order chi connectivity index (χ1) is 10.2. The number of esters is 1. The molecular formula is C17H31NO4. The lowest BCUT2D eigenvalue weighted by Crippen LogP contribution is -2.44. The van der Waals surface area contributed by atoms with Gasteiger partial charge in [0.1, 0.15) is 0 Å². The minimum atomic E-state index is -0.367. The van der Waals surface area contributed by atoms with Crippen molar-refractivity contribution in [2.24, 2.45) is 16.7 Å². The van der Waals surface area contributed by atoms with Crippen molar-refractivity contribution in [3.8, 4) is 0 Å². The largest absolute Gasteiger partial charge is 0.466 e. The van der Waals surface area contributed by atoms with E-state index in [0.29, 0.717) is 32.1 Å². The zero-order chi connectivity index (χ0) is 16.8. The summed E-state index contributed by atoms with van der Waals surface area (Å²) in [5, 5.41) is 2.85. The molecule has 1 fully saturated rings. The molecule has 0 aromatic heterocycles. The molecule has 2 unspecified atom stereocenters. The van der Waals surface area contributed by atoms with Crippen LogP contribution in [0.25, 0.3) is 0 Å². The van der Waals surface area contributed by atoms with Crippen LogP contribution in [0.15, 0.2) is 0 Å². The summed E-state index contributed by atoms with van der Waals surface area (Å²) in [6, 6.07) is 0. The molecule has 5 heteroatoms. The van der Waals surface area contributed by atoms with E-state index in [2.05, 4.69) is 26.1 Å². The molecule has 0 aliphatic heterocycles. The summed E-state index contributed by atoms with van der Waals surface area (Å²) < 4.78 is 10.0. The molecule has 0 radical (unpaired) electrons. The van der Waals surface area contributed by atoms with Gasteiger partial charge in [0.2, 0.25) is 0 Å². The Balaban J connectivity index is 2.65. The van der Waals surface area contributed by atoms with Crippen LogP contribution in [-0.4, -0.2) is 31.8 Å². The predicted molar refractivity (Wildman–Crippen MR) is 85.5 cm³/mol. The summed E-state index contributed by atoms with van der Waals surface area (Å²) in [6.07, 6.45) is 3.05. The van der Waals surface area contributed by atoms with Gasteiger partial charge in [0, 0.05) is 13.0 Å². The average Bonchev–Trinajstić information content (AvgIpc) is 2.34. The molecule has 2 atom stereocenters. The molecule has 0 saturated heterocycles. The highest BCUT2D eigenvalue weighted by atomic mass is 16.5. The van der Waals surface area contributed by atoms with Gasteiger partial charge in [0.05, 0.1) is 13.2 Å². The van der Waals surface area contributed by atoms with E-state index in [-0.39, 0.29) is 22.9 Å². The lowest BCUT2D eigenvalue weighted by Gasteiger charge is -2.46. The number of alkyl carbamates (subject to hydrolysis) is 1. The molecule has 1 rings (SSSR count). The minimum absolute atomic E-state index is 0.0222. The fourth-order valence-electron chi connectivity index (χ4n) is 4.05. The highest BCUT2D eigenvalue weighted by Gasteiger charge is 2.42. The monoisotopic (exact) mass is 313 g/mol. The van der Waals surface area contributed by atoms with E-state index in [9.17, 15) is 9.59 Å². The standard InChI is InChI=1S/C17H31NO4/c1-6-21-14(19)8-13-9-16(3,4)11-17(5,10-13)12-18-15(20)22-7-2/h13H,6-12H2,1-5H3,(H,18,20). The van der Waals surface area contributed by atoms with Crippen LogP contribution in [0.5, 0.6) is 0 Å². The van der Waals surface area contributed by atoms with Crippen LogP contribution in [-0.2, 0) is 14.3 Å². The lowest BCUT2D eigenvalue weighted by molar-refractivity contribution is -0.145. The van der Waals surface area contributed by atoms with Crippen LogP contribution in [0.2, 0.25) is 0 Å². The van der Waals surface area contributed by atoms with Crippen LogP contribution in [0, 0.1) is 16.7 Å². The van der Waals surface area contributed by atoms with E-state index < -0.39 is 0 Å². The normalized spacial score (nSPS) is 27.0. The van der Waals surface area contributed by atoms with Gasteiger partial charge in [-0.2, -0.15) is 0 Å². The van der Waals surface area contributed by atoms with Gasteiger partial charge in [-0.1, -0.05) is 20.8 Å². The van der Waals surface area contributed by atoms with Gasteiger partial charge >= 0.3 is 12.1 Å². The van der Waals surface area contributed by atoms with E-state index in [4.69, 9.17) is 9.47 Å². The maximum Gasteiger partial charge on any atom is 0.407 e. The summed E-state index contributed by atoms with van der Waals surface area (Å²) >= 11 is 0. The van der Waals surface area contributed by atoms with E-state index >= 15 is 0 Å². The Morgan fingerprint density at radius 3 is 2.32 bits per heavy atom. The molecule has 1 saturated carbocycles. The number of hydrogen-bond donors (Lipinski definition) is 1. The second-order valence-corrected chi connectivity index (χ2v) is 7.51. The highest BCUT2D eigenvalue weighted by Crippen LogP contribution is 2.49. The molecule has 5 nitrogen and oxygen atoms in total. The number of ether oxygens (including phenoxy) is 2. The third kappa shape index (κ3) is 6.24. The second kappa shape index (κ2) is 7.84. The van der Waals surface area contributed by atoms with Crippen molar-refractivity contribution >= 4 is 12.1 Å². The van der Waals surface area contributed by atoms with Crippen molar-refractivity contribution < 1.29 is 19.1 Å². The molecule has 0 heterocycles. The fourth-order valence-corrected chi connectivity index (χ4v) is 4.05. The summed E-state index contributed by atoms with van der Waals surface area (Å²) in [5.74, 6) is 0.183. The third-order valence-electron chi connectivity index (χ3n) is 4.22. The van der Waals surface area contributed by atoms with E-state index in [1.165, 1.54) is 0 Å². The Morgan fingerprint density at radius 2 is 1.73 bits per heavy atom. The third-order valence-corrected chi connectivity index (χ3v) is 4.22. The quantitative estimate of drug-likeness (QED) is 0.762. The Kier molecular flexibility index (Phi) is 6.69. The van der Waals surface area contributed by atoms with Gasteiger partial charge in [0.15, 0.2) is 0 Å². The van der Waals surface area contributed by atoms with Crippen LogP contribution in [0.4, 0.5) is 4.79 Å². The van der Waals surface area contributed by atoms with E-state index in [1.807, 2.05) is 6.92 Å². The summed E-state index contributed by atoms with van der Waals surface area (Å²) in [4.78, 5) is 23.3. The smallest absolute Gasteiger partial charge is 0.407 e. The number of hydrogen-bond acceptors (Lipinski definition) is 4. The molecule has 0 aromatic carbocycles. The van der Waals surface area contributed by atoms with Crippen LogP contribution >= 0.6 is 0 Å². The van der Waals surface area contributed by atoms with Crippen molar-refractivity contribution in [1.29, 1.82) is 0 Å². The Labute approximate surface area is 134 Å². The zero-order valence-corrected chi connectivity index (χ0v) is 14.7. The lowest BCUT2D eigenvalue weighted by atomic mass is 9.60. The first-order valence-electron chi connectivity index (χ1n) is 8.26. The van der Waals surface area contributed by atoms with Gasteiger partial charge in [-0.25, -0.2) is 4.79 Å². The minimum Gasteiger partial charge on any atom is -0.466 e. The molecule has 1 aliphatic carbocycles. The molecule has 1 N–H and O–H groups in total. The highest BCUT2D eigenvalue weighted by molar-refractivity contribution is 5.69. The van der Waals surface area contributed by atoms with Gasteiger partial charge in [-0.05, 0) is 49.9 Å². The van der Waals surface area contributed by atoms with Crippen molar-refractivity contribution in [2.45, 2.75) is 60.3 Å². The SMILES string of the molecule is CCOC(=O)CC1CC(C)(C)CC(C)(CNC(=O)OCC)C1. The van der Waals surface area contributed by atoms with Gasteiger partial charge < -0.3 is 14.8 Å². The molecule has 0 aromatic rings. The van der Waals surface area contributed by atoms with Crippen molar-refractivity contribution in [1.82, 2.24) is 5.32 Å². The number of carbonyl (C=O) groups is 2. The Hall–Kier alpha value is -1.26. The Morgan fingerprint density at radius 1 is 1.09 bits per heavy atom. The maximum atomic E-state index is 11.8. The van der Waals surface area contributed by atoms with Crippen LogP contribution in [0.1, 0.15) is 60.3 Å². The van der Waals surface area contributed by atoms with E-state index in [0.717, 1.165) is 19.3 Å². The van der Waals surface area contributed by atoms with Crippen LogP contribution in [0.3, 0.4) is 0 Å². The van der Waals surface area contributed by atoms with Crippen molar-refractivity contribution in [3.05, 3.63) is 0 Å². The number of nitrogens with one attached hydrogen (secondary N) is 1. The van der Waals surface area contributed by atoms with Gasteiger partial charge in [-0.15, -0.1) is 0 Å². The molecule has 1 amide bonds. The molecular weight excluding hydrogens is 282 g/mol. The first kappa shape index (κ1) is 18.8. The molecule has 128 valence electrons. The zero-order valence-electron chi connectivity index (χ0n) is 14.7. The van der Waals surface area contributed by atoms with Crippen LogP contribution < -0.4 is 5.32 Å². The first-order valence-corrected chi connectivity index (χ1v) is 8.26. The predicted octanol–water partition coefficient (Wildman–Crippen LogP) is 3.52. The fraction of sp³-hybridized carbons (Fsp3) is 0.882. The molecule has 0 bridgehead atoms. The second-order valence-electron chi connectivity index (χ2n) is 7.51. The van der Waals surface area contributed by atoms with E-state index in [1.54, 1.807) is 6.92 Å². The number of carbonyl (C=O) groups excluding carboxylic acids is 2. The molecule has 22 heavy (non-hydrogen) atoms. The summed E-state index contributed by atoms with van der Waals surface area (Å²) in [7, 11) is 0. The summed E-state index contributed by atoms with van der Waals surface area (Å²) in [6.45, 7) is 11.6. The Bertz CT molecular complexity index is 394. The van der Waals surface area contributed by atoms with Gasteiger partial charge in [0.25, 0.3) is 0 Å². The number of amides is 1. The average molecular weight is 313 g/mol. The molecule has 0 spiro atoms. The van der Waals surface area contributed by atoms with Crippen molar-refractivity contribution in [2.75, 3.05) is 19.8 Å².